The second kappa shape index (κ2) is 7.55. The number of carbonyl (C=O) groups is 1. The molecule has 1 unspecified atom stereocenters. The lowest BCUT2D eigenvalue weighted by Gasteiger charge is -2.33. The quantitative estimate of drug-likeness (QED) is 0.510. The predicted octanol–water partition coefficient (Wildman–Crippen LogP) is 3.66. The molecule has 0 fully saturated rings. The fourth-order valence-corrected chi connectivity index (χ4v) is 4.09. The van der Waals surface area contributed by atoms with Crippen LogP contribution in [0.15, 0.2) is 41.2 Å². The third kappa shape index (κ3) is 3.36. The van der Waals surface area contributed by atoms with Gasteiger partial charge in [-0.05, 0) is 39.0 Å². The van der Waals surface area contributed by atoms with Crippen LogP contribution in [0.1, 0.15) is 72.2 Å². The van der Waals surface area contributed by atoms with E-state index in [2.05, 4.69) is 26.1 Å². The van der Waals surface area contributed by atoms with Crippen LogP contribution in [0.2, 0.25) is 0 Å². The highest BCUT2D eigenvalue weighted by molar-refractivity contribution is 5.93. The number of nitriles is 1. The Kier molecular flexibility index (Phi) is 4.78. The Morgan fingerprint density at radius 3 is 2.97 bits per heavy atom. The number of hydrogen-bond acceptors (Lipinski definition) is 6. The van der Waals surface area contributed by atoms with Crippen molar-refractivity contribution in [2.75, 3.05) is 6.54 Å². The van der Waals surface area contributed by atoms with E-state index < -0.39 is 23.5 Å². The van der Waals surface area contributed by atoms with Gasteiger partial charge in [-0.25, -0.2) is 18.9 Å². The summed E-state index contributed by atoms with van der Waals surface area (Å²) in [5, 5.41) is 14.1. The monoisotopic (exact) mass is 447 g/mol. The van der Waals surface area contributed by atoms with Gasteiger partial charge in [0.15, 0.2) is 0 Å². The van der Waals surface area contributed by atoms with E-state index >= 15 is 0 Å². The lowest BCUT2D eigenvalue weighted by Crippen LogP contribution is -2.41. The van der Waals surface area contributed by atoms with Gasteiger partial charge >= 0.3 is 0 Å². The number of halogens is 1. The molecular weight excluding hydrogens is 425 g/mol. The molecular formula is C23H22FN7O2. The van der Waals surface area contributed by atoms with Gasteiger partial charge in [-0.3, -0.25) is 4.79 Å². The van der Waals surface area contributed by atoms with Crippen LogP contribution in [0.4, 0.5) is 4.39 Å². The number of alkyl halides is 1. The Morgan fingerprint density at radius 2 is 2.24 bits per heavy atom. The van der Waals surface area contributed by atoms with Crippen molar-refractivity contribution in [3.8, 4) is 6.07 Å². The van der Waals surface area contributed by atoms with E-state index in [0.717, 1.165) is 11.2 Å². The first-order valence-electron chi connectivity index (χ1n) is 10.6. The van der Waals surface area contributed by atoms with Crippen molar-refractivity contribution in [3.63, 3.8) is 0 Å². The zero-order valence-electron chi connectivity index (χ0n) is 18.4. The van der Waals surface area contributed by atoms with Crippen LogP contribution in [0.3, 0.4) is 0 Å². The third-order valence-corrected chi connectivity index (χ3v) is 5.89. The average molecular weight is 447 g/mol. The first kappa shape index (κ1) is 20.9. The summed E-state index contributed by atoms with van der Waals surface area (Å²) in [6, 6.07) is 9.10. The van der Waals surface area contributed by atoms with Crippen LogP contribution in [0.5, 0.6) is 0 Å². The van der Waals surface area contributed by atoms with Crippen molar-refractivity contribution >= 4 is 11.4 Å². The summed E-state index contributed by atoms with van der Waals surface area (Å²) >= 11 is 0. The normalized spacial score (nSPS) is 17.1. The number of amides is 1. The highest BCUT2D eigenvalue weighted by atomic mass is 19.1. The molecule has 0 aromatic carbocycles. The SMILES string of the molecule is CC(F)c1nc(C(C)(C)C#N)oc1C(=O)N1CCc2[nH]cnc2[C@H]1c1cc2ccccn2n1. The van der Waals surface area contributed by atoms with E-state index in [1.54, 1.807) is 29.6 Å². The third-order valence-electron chi connectivity index (χ3n) is 5.89. The lowest BCUT2D eigenvalue weighted by atomic mass is 9.96. The minimum Gasteiger partial charge on any atom is -0.433 e. The largest absolute Gasteiger partial charge is 0.433 e. The number of aromatic nitrogens is 5. The zero-order chi connectivity index (χ0) is 23.3. The second-order valence-electron chi connectivity index (χ2n) is 8.64. The summed E-state index contributed by atoms with van der Waals surface area (Å²) in [7, 11) is 0. The van der Waals surface area contributed by atoms with Gasteiger partial charge in [-0.2, -0.15) is 10.4 Å². The van der Waals surface area contributed by atoms with Gasteiger partial charge in [-0.1, -0.05) is 6.07 Å². The molecule has 5 rings (SSSR count). The molecule has 10 heteroatoms. The standard InChI is InChI=1S/C23H22FN7O2/c1-13(24)17-20(33-22(28-17)23(2,3)11-25)21(32)30-9-7-15-18(27-12-26-15)19(30)16-10-14-6-4-5-8-31(14)29-16/h4-6,8,10,12-13,19H,7,9H2,1-3H3,(H,26,27)/t13?,19-/m1/s1. The Labute approximate surface area is 188 Å². The van der Waals surface area contributed by atoms with Crippen molar-refractivity contribution in [2.45, 2.75) is 44.8 Å². The van der Waals surface area contributed by atoms with E-state index in [0.29, 0.717) is 24.4 Å². The minimum absolute atomic E-state index is 0.00889. The molecule has 0 spiro atoms. The van der Waals surface area contributed by atoms with Gasteiger partial charge < -0.3 is 14.3 Å². The maximum atomic E-state index is 14.5. The number of aromatic amines is 1. The average Bonchev–Trinajstić information content (AvgIpc) is 3.55. The van der Waals surface area contributed by atoms with Crippen LogP contribution in [-0.4, -0.2) is 41.9 Å². The maximum absolute atomic E-state index is 14.5. The molecule has 33 heavy (non-hydrogen) atoms. The molecule has 9 nitrogen and oxygen atoms in total. The summed E-state index contributed by atoms with van der Waals surface area (Å²) in [5.74, 6) is -0.705. The molecule has 2 atom stereocenters. The van der Waals surface area contributed by atoms with Crippen LogP contribution < -0.4 is 0 Å². The summed E-state index contributed by atoms with van der Waals surface area (Å²) in [6.45, 7) is 4.86. The number of carbonyl (C=O) groups excluding carboxylic acids is 1. The van der Waals surface area contributed by atoms with Crippen molar-refractivity contribution in [3.05, 3.63) is 71.2 Å². The van der Waals surface area contributed by atoms with Crippen molar-refractivity contribution in [1.29, 1.82) is 5.26 Å². The molecule has 0 saturated carbocycles. The first-order chi connectivity index (χ1) is 15.8. The van der Waals surface area contributed by atoms with E-state index in [9.17, 15) is 14.4 Å². The molecule has 0 bridgehead atoms. The number of oxazole rings is 1. The number of rotatable bonds is 4. The van der Waals surface area contributed by atoms with Gasteiger partial charge in [0.05, 0.1) is 29.3 Å². The lowest BCUT2D eigenvalue weighted by molar-refractivity contribution is 0.0647. The van der Waals surface area contributed by atoms with Crippen LogP contribution in [0, 0.1) is 11.3 Å². The second-order valence-corrected chi connectivity index (χ2v) is 8.64. The van der Waals surface area contributed by atoms with E-state index in [4.69, 9.17) is 4.42 Å². The Morgan fingerprint density at radius 1 is 1.42 bits per heavy atom. The fraction of sp³-hybridized carbons (Fsp3) is 0.348. The molecule has 1 aliphatic heterocycles. The Bertz CT molecular complexity index is 1360. The van der Waals surface area contributed by atoms with Crippen molar-refractivity contribution in [1.82, 2.24) is 29.5 Å². The van der Waals surface area contributed by atoms with E-state index in [1.807, 2.05) is 30.5 Å². The van der Waals surface area contributed by atoms with Gasteiger partial charge in [0.1, 0.15) is 23.3 Å². The molecule has 0 radical (unpaired) electrons. The first-order valence-corrected chi connectivity index (χ1v) is 10.6. The minimum atomic E-state index is -1.55. The Balaban J connectivity index is 1.62. The molecule has 1 N–H and O–H groups in total. The molecule has 1 amide bonds. The Hall–Kier alpha value is -4.00. The molecule has 5 heterocycles. The summed E-state index contributed by atoms with van der Waals surface area (Å²) in [6.07, 6.45) is 2.43. The van der Waals surface area contributed by atoms with Crippen molar-refractivity contribution < 1.29 is 13.6 Å². The molecule has 4 aromatic rings. The van der Waals surface area contributed by atoms with Crippen LogP contribution in [0.25, 0.3) is 5.52 Å². The molecule has 1 aliphatic rings. The number of H-pyrrole nitrogens is 1. The predicted molar refractivity (Wildman–Crippen MR) is 115 cm³/mol. The number of nitrogens with one attached hydrogen (secondary N) is 1. The smallest absolute Gasteiger partial charge is 0.292 e. The molecule has 168 valence electrons. The number of imidazole rings is 1. The van der Waals surface area contributed by atoms with E-state index in [-0.39, 0.29) is 17.3 Å². The van der Waals surface area contributed by atoms with Gasteiger partial charge in [-0.15, -0.1) is 0 Å². The summed E-state index contributed by atoms with van der Waals surface area (Å²) in [4.78, 5) is 27.1. The van der Waals surface area contributed by atoms with Gasteiger partial charge in [0, 0.05) is 24.9 Å². The number of fused-ring (bicyclic) bond motifs is 2. The zero-order valence-corrected chi connectivity index (χ0v) is 18.4. The fourth-order valence-electron chi connectivity index (χ4n) is 4.09. The van der Waals surface area contributed by atoms with Gasteiger partial charge in [0.2, 0.25) is 11.7 Å². The highest BCUT2D eigenvalue weighted by Gasteiger charge is 2.40. The number of nitrogens with zero attached hydrogens (tertiary/aromatic N) is 6. The number of pyridine rings is 1. The number of hydrogen-bond donors (Lipinski definition) is 1. The topological polar surface area (TPSA) is 116 Å². The van der Waals surface area contributed by atoms with Crippen LogP contribution in [-0.2, 0) is 11.8 Å². The summed E-state index contributed by atoms with van der Waals surface area (Å²) < 4.78 is 21.9. The molecule has 0 aliphatic carbocycles. The molecule has 0 saturated heterocycles. The summed E-state index contributed by atoms with van der Waals surface area (Å²) in [5.41, 5.74) is 1.89. The van der Waals surface area contributed by atoms with Crippen molar-refractivity contribution in [2.24, 2.45) is 0 Å². The van der Waals surface area contributed by atoms with Gasteiger partial charge in [0.25, 0.3) is 5.91 Å². The maximum Gasteiger partial charge on any atom is 0.292 e. The molecule has 4 aromatic heterocycles. The highest BCUT2D eigenvalue weighted by Crippen LogP contribution is 2.36. The van der Waals surface area contributed by atoms with E-state index in [1.165, 1.54) is 6.92 Å². The van der Waals surface area contributed by atoms with Crippen LogP contribution >= 0.6 is 0 Å².